The number of rotatable bonds is 7. The van der Waals surface area contributed by atoms with Crippen molar-refractivity contribution < 1.29 is 18.9 Å². The predicted molar refractivity (Wildman–Crippen MR) is 91.4 cm³/mol. The Morgan fingerprint density at radius 2 is 1.52 bits per heavy atom. The van der Waals surface area contributed by atoms with E-state index in [1.165, 1.54) is 22.3 Å². The summed E-state index contributed by atoms with van der Waals surface area (Å²) in [6.07, 6.45) is 1.35. The normalized spacial score (nSPS) is 11.9. The summed E-state index contributed by atoms with van der Waals surface area (Å²) in [5.41, 5.74) is 4.83. The molecule has 0 aromatic heterocycles. The van der Waals surface area contributed by atoms with Gasteiger partial charge in [0.2, 0.25) is 0 Å². The molecule has 2 rings (SSSR count). The van der Waals surface area contributed by atoms with Crippen molar-refractivity contribution in [2.24, 2.45) is 0 Å². The van der Waals surface area contributed by atoms with E-state index in [0.717, 1.165) is 6.42 Å². The summed E-state index contributed by atoms with van der Waals surface area (Å²) in [6.45, 7) is 4.18. The molecule has 0 fully saturated rings. The van der Waals surface area contributed by atoms with Gasteiger partial charge in [0.05, 0.1) is 6.61 Å². The van der Waals surface area contributed by atoms with Crippen molar-refractivity contribution in [2.75, 3.05) is 6.61 Å². The summed E-state index contributed by atoms with van der Waals surface area (Å²) >= 11 is 0. The van der Waals surface area contributed by atoms with Crippen molar-refractivity contribution in [3.63, 3.8) is 0 Å². The molecule has 0 heterocycles. The van der Waals surface area contributed by atoms with Crippen LogP contribution in [0.4, 0.5) is 0 Å². The van der Waals surface area contributed by atoms with Crippen molar-refractivity contribution in [3.8, 4) is 0 Å². The van der Waals surface area contributed by atoms with Crippen LogP contribution < -0.4 is 0 Å². The fourth-order valence-corrected chi connectivity index (χ4v) is 3.14. The third-order valence-electron chi connectivity index (χ3n) is 3.79. The van der Waals surface area contributed by atoms with Crippen LogP contribution in [-0.2, 0) is 9.09 Å². The predicted octanol–water partition coefficient (Wildman–Crippen LogP) is 4.32. The Hall–Kier alpha value is -1.45. The Labute approximate surface area is 137 Å². The monoisotopic (exact) mass is 334 g/mol. The van der Waals surface area contributed by atoms with Crippen LogP contribution in [0.15, 0.2) is 48.5 Å². The lowest BCUT2D eigenvalue weighted by Gasteiger charge is -2.19. The molecule has 5 heteroatoms. The molecule has 0 atom stereocenters. The fraction of sp³-hybridized carbons (Fsp3) is 0.333. The smallest absolute Gasteiger partial charge is 0.303 e. The van der Waals surface area contributed by atoms with E-state index < -0.39 is 7.82 Å². The molecule has 0 aliphatic heterocycles. The topological polar surface area (TPSA) is 66.8 Å². The molecule has 0 radical (unpaired) electrons. The zero-order valence-corrected chi connectivity index (χ0v) is 14.4. The van der Waals surface area contributed by atoms with Gasteiger partial charge in [-0.3, -0.25) is 4.52 Å². The number of benzene rings is 2. The number of hydrogen-bond donors (Lipinski definition) is 2. The first-order valence-electron chi connectivity index (χ1n) is 7.68. The number of phosphoric ester groups is 1. The molecule has 124 valence electrons. The summed E-state index contributed by atoms with van der Waals surface area (Å²) in [5, 5.41) is 0. The molecule has 4 nitrogen and oxygen atoms in total. The van der Waals surface area contributed by atoms with Crippen molar-refractivity contribution in [2.45, 2.75) is 32.6 Å². The Balaban J connectivity index is 2.17. The minimum atomic E-state index is -4.39. The first-order chi connectivity index (χ1) is 10.8. The fourth-order valence-electron chi connectivity index (χ4n) is 2.77. The second kappa shape index (κ2) is 7.89. The minimum absolute atomic E-state index is 0.0540. The van der Waals surface area contributed by atoms with E-state index in [0.29, 0.717) is 6.42 Å². The second-order valence-electron chi connectivity index (χ2n) is 5.85. The number of hydrogen-bond acceptors (Lipinski definition) is 2. The molecule has 0 saturated heterocycles. The second-order valence-corrected chi connectivity index (χ2v) is 7.09. The molecule has 2 aromatic rings. The number of phosphoric acid groups is 1. The third kappa shape index (κ3) is 5.92. The lowest BCUT2D eigenvalue weighted by atomic mass is 9.86. The van der Waals surface area contributed by atoms with E-state index in [1.807, 2.05) is 12.1 Å². The standard InChI is InChI=1S/C18H23O4P/c1-14-6-3-8-16(12-14)18(10-5-11-22-23(19,20)21)17-9-4-7-15(2)13-17/h3-4,6-9,12-13,18H,5,10-11H2,1-2H3,(H2,19,20,21). The third-order valence-corrected chi connectivity index (χ3v) is 4.30. The molecule has 0 unspecified atom stereocenters. The highest BCUT2D eigenvalue weighted by atomic mass is 31.2. The van der Waals surface area contributed by atoms with Crippen LogP contribution in [0.2, 0.25) is 0 Å². The van der Waals surface area contributed by atoms with Gasteiger partial charge < -0.3 is 9.79 Å². The van der Waals surface area contributed by atoms with Crippen LogP contribution in [0, 0.1) is 13.8 Å². The molecule has 0 saturated carbocycles. The molecule has 0 spiro atoms. The molecule has 0 aliphatic rings. The quantitative estimate of drug-likeness (QED) is 0.584. The average molecular weight is 334 g/mol. The first-order valence-corrected chi connectivity index (χ1v) is 9.21. The van der Waals surface area contributed by atoms with Gasteiger partial charge in [-0.05, 0) is 37.8 Å². The Morgan fingerprint density at radius 3 is 1.96 bits per heavy atom. The van der Waals surface area contributed by atoms with E-state index in [1.54, 1.807) is 0 Å². The highest BCUT2D eigenvalue weighted by Crippen LogP contribution is 2.37. The lowest BCUT2D eigenvalue weighted by Crippen LogP contribution is -2.04. The Morgan fingerprint density at radius 1 is 1.00 bits per heavy atom. The molecule has 2 aromatic carbocycles. The molecule has 0 aliphatic carbocycles. The van der Waals surface area contributed by atoms with Gasteiger partial charge in [0.1, 0.15) is 0 Å². The van der Waals surface area contributed by atoms with E-state index in [9.17, 15) is 4.57 Å². The summed E-state index contributed by atoms with van der Waals surface area (Å²) in [7, 11) is -4.39. The zero-order chi connectivity index (χ0) is 16.9. The maximum absolute atomic E-state index is 10.8. The zero-order valence-electron chi connectivity index (χ0n) is 13.5. The van der Waals surface area contributed by atoms with Gasteiger partial charge in [0.25, 0.3) is 0 Å². The van der Waals surface area contributed by atoms with Gasteiger partial charge in [0.15, 0.2) is 0 Å². The van der Waals surface area contributed by atoms with Gasteiger partial charge in [0, 0.05) is 5.92 Å². The van der Waals surface area contributed by atoms with Crippen molar-refractivity contribution in [1.29, 1.82) is 0 Å². The van der Waals surface area contributed by atoms with Crippen LogP contribution in [0.3, 0.4) is 0 Å². The molecular formula is C18H23O4P. The minimum Gasteiger partial charge on any atom is -0.303 e. The summed E-state index contributed by atoms with van der Waals surface area (Å²) in [6, 6.07) is 16.7. The number of aryl methyl sites for hydroxylation is 2. The highest BCUT2D eigenvalue weighted by Gasteiger charge is 2.17. The molecule has 0 amide bonds. The molecule has 2 N–H and O–H groups in total. The SMILES string of the molecule is Cc1cccc(C(CCCOP(=O)(O)O)c2cccc(C)c2)c1. The van der Waals surface area contributed by atoms with E-state index >= 15 is 0 Å². The van der Waals surface area contributed by atoms with Crippen LogP contribution in [0.5, 0.6) is 0 Å². The van der Waals surface area contributed by atoms with E-state index in [-0.39, 0.29) is 12.5 Å². The van der Waals surface area contributed by atoms with Gasteiger partial charge in [-0.15, -0.1) is 0 Å². The summed E-state index contributed by atoms with van der Waals surface area (Å²) in [5.74, 6) is 0.190. The van der Waals surface area contributed by atoms with Crippen molar-refractivity contribution in [3.05, 3.63) is 70.8 Å². The first kappa shape index (κ1) is 17.9. The van der Waals surface area contributed by atoms with Crippen molar-refractivity contribution in [1.82, 2.24) is 0 Å². The van der Waals surface area contributed by atoms with Crippen LogP contribution >= 0.6 is 7.82 Å². The summed E-state index contributed by atoms with van der Waals surface area (Å²) < 4.78 is 15.3. The average Bonchev–Trinajstić information content (AvgIpc) is 2.46. The molecule has 0 bridgehead atoms. The van der Waals surface area contributed by atoms with E-state index in [2.05, 4.69) is 54.8 Å². The Bertz CT molecular complexity index is 647. The van der Waals surface area contributed by atoms with Crippen LogP contribution in [-0.4, -0.2) is 16.4 Å². The van der Waals surface area contributed by atoms with Gasteiger partial charge >= 0.3 is 7.82 Å². The van der Waals surface area contributed by atoms with Crippen molar-refractivity contribution >= 4 is 7.82 Å². The maximum Gasteiger partial charge on any atom is 0.469 e. The highest BCUT2D eigenvalue weighted by molar-refractivity contribution is 7.46. The van der Waals surface area contributed by atoms with Crippen LogP contribution in [0.1, 0.15) is 41.0 Å². The molecular weight excluding hydrogens is 311 g/mol. The lowest BCUT2D eigenvalue weighted by molar-refractivity contribution is 0.193. The maximum atomic E-state index is 10.8. The van der Waals surface area contributed by atoms with Gasteiger partial charge in [-0.25, -0.2) is 4.57 Å². The van der Waals surface area contributed by atoms with Gasteiger partial charge in [-0.2, -0.15) is 0 Å². The Kier molecular flexibility index (Phi) is 6.14. The molecule has 23 heavy (non-hydrogen) atoms. The van der Waals surface area contributed by atoms with E-state index in [4.69, 9.17) is 9.79 Å². The van der Waals surface area contributed by atoms with Crippen LogP contribution in [0.25, 0.3) is 0 Å². The summed E-state index contributed by atoms with van der Waals surface area (Å²) in [4.78, 5) is 17.6. The van der Waals surface area contributed by atoms with Gasteiger partial charge in [-0.1, -0.05) is 59.7 Å². The largest absolute Gasteiger partial charge is 0.469 e.